The van der Waals surface area contributed by atoms with E-state index >= 15 is 0 Å². The van der Waals surface area contributed by atoms with Crippen LogP contribution in [0.4, 0.5) is 0 Å². The van der Waals surface area contributed by atoms with E-state index in [-0.39, 0.29) is 0 Å². The molecular formula is C12H19NO2. The van der Waals surface area contributed by atoms with Crippen LogP contribution in [0.1, 0.15) is 19.1 Å². The van der Waals surface area contributed by atoms with Gasteiger partial charge in [0.15, 0.2) is 0 Å². The standard InChI is InChI=1S/C12H19NO2/c1-3-11(10-13-6-8-14-2)9-12-5-4-7-15-12/h4-5,7,9,13H,3,6,8,10H2,1-2H3. The Morgan fingerprint density at radius 1 is 1.60 bits per heavy atom. The van der Waals surface area contributed by atoms with Gasteiger partial charge in [0.2, 0.25) is 0 Å². The van der Waals surface area contributed by atoms with E-state index in [0.717, 1.165) is 31.9 Å². The molecule has 1 aromatic heterocycles. The Hall–Kier alpha value is -1.06. The minimum absolute atomic E-state index is 0.748. The topological polar surface area (TPSA) is 34.4 Å². The lowest BCUT2D eigenvalue weighted by atomic mass is 10.1. The third-order valence-electron chi connectivity index (χ3n) is 2.18. The van der Waals surface area contributed by atoms with Gasteiger partial charge in [0.1, 0.15) is 5.76 Å². The monoisotopic (exact) mass is 209 g/mol. The fraction of sp³-hybridized carbons (Fsp3) is 0.500. The number of ether oxygens (including phenoxy) is 1. The molecule has 1 N–H and O–H groups in total. The van der Waals surface area contributed by atoms with Gasteiger partial charge in [-0.05, 0) is 24.6 Å². The number of hydrogen-bond donors (Lipinski definition) is 1. The van der Waals surface area contributed by atoms with Gasteiger partial charge in [0.05, 0.1) is 12.9 Å². The first-order chi connectivity index (χ1) is 7.36. The van der Waals surface area contributed by atoms with Crippen LogP contribution in [0.5, 0.6) is 0 Å². The summed E-state index contributed by atoms with van der Waals surface area (Å²) in [6.45, 7) is 4.66. The molecule has 0 spiro atoms. The largest absolute Gasteiger partial charge is 0.465 e. The van der Waals surface area contributed by atoms with E-state index in [1.165, 1.54) is 5.57 Å². The Morgan fingerprint density at radius 2 is 2.47 bits per heavy atom. The van der Waals surface area contributed by atoms with Gasteiger partial charge < -0.3 is 14.5 Å². The Bertz CT molecular complexity index is 278. The van der Waals surface area contributed by atoms with Crippen molar-refractivity contribution in [2.24, 2.45) is 0 Å². The van der Waals surface area contributed by atoms with Gasteiger partial charge >= 0.3 is 0 Å². The van der Waals surface area contributed by atoms with Crippen molar-refractivity contribution in [1.82, 2.24) is 5.32 Å². The number of hydrogen-bond acceptors (Lipinski definition) is 3. The average Bonchev–Trinajstić information content (AvgIpc) is 2.75. The SMILES string of the molecule is CCC(=Cc1ccco1)CNCCOC. The molecular weight excluding hydrogens is 190 g/mol. The second-order valence-electron chi connectivity index (χ2n) is 3.34. The first-order valence-corrected chi connectivity index (χ1v) is 5.29. The summed E-state index contributed by atoms with van der Waals surface area (Å²) >= 11 is 0. The molecule has 0 bridgehead atoms. The second-order valence-corrected chi connectivity index (χ2v) is 3.34. The van der Waals surface area contributed by atoms with Crippen molar-refractivity contribution in [3.05, 3.63) is 29.7 Å². The van der Waals surface area contributed by atoms with Crippen LogP contribution in [0, 0.1) is 0 Å². The van der Waals surface area contributed by atoms with Crippen LogP contribution in [0.3, 0.4) is 0 Å². The van der Waals surface area contributed by atoms with Crippen LogP contribution in [-0.2, 0) is 4.74 Å². The zero-order valence-electron chi connectivity index (χ0n) is 9.45. The van der Waals surface area contributed by atoms with Crippen molar-refractivity contribution in [2.45, 2.75) is 13.3 Å². The van der Waals surface area contributed by atoms with Gasteiger partial charge in [-0.2, -0.15) is 0 Å². The Morgan fingerprint density at radius 3 is 3.07 bits per heavy atom. The van der Waals surface area contributed by atoms with E-state index in [1.54, 1.807) is 13.4 Å². The average molecular weight is 209 g/mol. The van der Waals surface area contributed by atoms with Crippen molar-refractivity contribution in [1.29, 1.82) is 0 Å². The Labute approximate surface area is 91.1 Å². The summed E-state index contributed by atoms with van der Waals surface area (Å²) < 4.78 is 10.2. The molecule has 0 atom stereocenters. The van der Waals surface area contributed by atoms with Gasteiger partial charge in [-0.1, -0.05) is 12.5 Å². The summed E-state index contributed by atoms with van der Waals surface area (Å²) in [4.78, 5) is 0. The third-order valence-corrected chi connectivity index (χ3v) is 2.18. The van der Waals surface area contributed by atoms with Gasteiger partial charge in [0, 0.05) is 20.2 Å². The maximum Gasteiger partial charge on any atom is 0.126 e. The maximum atomic E-state index is 5.26. The quantitative estimate of drug-likeness (QED) is 0.700. The van der Waals surface area contributed by atoms with Crippen LogP contribution in [0.25, 0.3) is 6.08 Å². The molecule has 0 aliphatic rings. The first kappa shape index (κ1) is 12.0. The van der Waals surface area contributed by atoms with Crippen molar-refractivity contribution in [3.8, 4) is 0 Å². The molecule has 0 unspecified atom stereocenters. The minimum atomic E-state index is 0.748. The summed E-state index contributed by atoms with van der Waals surface area (Å²) in [6, 6.07) is 3.86. The van der Waals surface area contributed by atoms with Crippen molar-refractivity contribution < 1.29 is 9.15 Å². The molecule has 3 nitrogen and oxygen atoms in total. The molecule has 1 heterocycles. The zero-order valence-corrected chi connectivity index (χ0v) is 9.45. The number of rotatable bonds is 7. The highest BCUT2D eigenvalue weighted by Gasteiger charge is 1.96. The van der Waals surface area contributed by atoms with Crippen LogP contribution < -0.4 is 5.32 Å². The van der Waals surface area contributed by atoms with Gasteiger partial charge in [-0.15, -0.1) is 0 Å². The fourth-order valence-corrected chi connectivity index (χ4v) is 1.28. The highest BCUT2D eigenvalue weighted by atomic mass is 16.5. The molecule has 0 saturated carbocycles. The molecule has 15 heavy (non-hydrogen) atoms. The molecule has 0 saturated heterocycles. The Balaban J connectivity index is 2.35. The normalized spacial score (nSPS) is 12.0. The predicted octanol–water partition coefficient (Wildman–Crippen LogP) is 2.31. The van der Waals surface area contributed by atoms with E-state index in [0.29, 0.717) is 0 Å². The molecule has 0 aromatic carbocycles. The predicted molar refractivity (Wildman–Crippen MR) is 61.7 cm³/mol. The minimum Gasteiger partial charge on any atom is -0.465 e. The first-order valence-electron chi connectivity index (χ1n) is 5.29. The molecule has 3 heteroatoms. The highest BCUT2D eigenvalue weighted by Crippen LogP contribution is 2.09. The smallest absolute Gasteiger partial charge is 0.126 e. The second kappa shape index (κ2) is 7.26. The molecule has 0 radical (unpaired) electrons. The molecule has 84 valence electrons. The van der Waals surface area contributed by atoms with Crippen molar-refractivity contribution >= 4 is 6.08 Å². The maximum absolute atomic E-state index is 5.26. The summed E-state index contributed by atoms with van der Waals surface area (Å²) in [5.74, 6) is 0.917. The van der Waals surface area contributed by atoms with Crippen molar-refractivity contribution in [2.75, 3.05) is 26.8 Å². The molecule has 0 aliphatic heterocycles. The lowest BCUT2D eigenvalue weighted by Crippen LogP contribution is -2.21. The van der Waals surface area contributed by atoms with Crippen LogP contribution in [-0.4, -0.2) is 26.8 Å². The zero-order chi connectivity index (χ0) is 10.9. The highest BCUT2D eigenvalue weighted by molar-refractivity contribution is 5.47. The Kier molecular flexibility index (Phi) is 5.81. The summed E-state index contributed by atoms with van der Waals surface area (Å²) in [5.41, 5.74) is 1.33. The van der Waals surface area contributed by atoms with E-state index < -0.39 is 0 Å². The van der Waals surface area contributed by atoms with Gasteiger partial charge in [0.25, 0.3) is 0 Å². The molecule has 0 aliphatic carbocycles. The van der Waals surface area contributed by atoms with E-state index in [4.69, 9.17) is 9.15 Å². The fourth-order valence-electron chi connectivity index (χ4n) is 1.28. The summed E-state index contributed by atoms with van der Waals surface area (Å²) in [6.07, 6.45) is 4.80. The lowest BCUT2D eigenvalue weighted by molar-refractivity contribution is 0.200. The van der Waals surface area contributed by atoms with Gasteiger partial charge in [-0.3, -0.25) is 0 Å². The summed E-state index contributed by atoms with van der Waals surface area (Å²) in [5, 5.41) is 3.31. The van der Waals surface area contributed by atoms with Crippen molar-refractivity contribution in [3.63, 3.8) is 0 Å². The number of methoxy groups -OCH3 is 1. The van der Waals surface area contributed by atoms with Crippen LogP contribution >= 0.6 is 0 Å². The third kappa shape index (κ3) is 4.81. The molecule has 1 aromatic rings. The summed E-state index contributed by atoms with van der Waals surface area (Å²) in [7, 11) is 1.71. The molecule has 0 amide bonds. The molecule has 0 fully saturated rings. The van der Waals surface area contributed by atoms with E-state index in [1.807, 2.05) is 12.1 Å². The molecule has 1 rings (SSSR count). The number of nitrogens with one attached hydrogen (secondary N) is 1. The number of furan rings is 1. The lowest BCUT2D eigenvalue weighted by Gasteiger charge is -2.06. The van der Waals surface area contributed by atoms with Gasteiger partial charge in [-0.25, -0.2) is 0 Å². The van der Waals surface area contributed by atoms with Crippen LogP contribution in [0.15, 0.2) is 28.4 Å². The van der Waals surface area contributed by atoms with E-state index in [2.05, 4.69) is 18.3 Å². The van der Waals surface area contributed by atoms with E-state index in [9.17, 15) is 0 Å². The van der Waals surface area contributed by atoms with Crippen LogP contribution in [0.2, 0.25) is 0 Å².